The van der Waals surface area contributed by atoms with Crippen LogP contribution in [-0.2, 0) is 11.2 Å². The van der Waals surface area contributed by atoms with Gasteiger partial charge in [-0.25, -0.2) is 0 Å². The van der Waals surface area contributed by atoms with Crippen LogP contribution in [0.15, 0.2) is 43.0 Å². The first-order chi connectivity index (χ1) is 11.1. The summed E-state index contributed by atoms with van der Waals surface area (Å²) in [6.45, 7) is 5.73. The van der Waals surface area contributed by atoms with Crippen molar-refractivity contribution in [1.29, 1.82) is 0 Å². The highest BCUT2D eigenvalue weighted by molar-refractivity contribution is 5.75. The minimum atomic E-state index is 0.0904. The van der Waals surface area contributed by atoms with Gasteiger partial charge in [-0.3, -0.25) is 0 Å². The molecular formula is C18H17N3O2. The van der Waals surface area contributed by atoms with E-state index in [9.17, 15) is 9.90 Å². The maximum atomic E-state index is 10.6. The Morgan fingerprint density at radius 1 is 1.26 bits per heavy atom. The summed E-state index contributed by atoms with van der Waals surface area (Å²) in [6.07, 6.45) is 1.90. The Bertz CT molecular complexity index is 863. The number of rotatable bonds is 5. The monoisotopic (exact) mass is 307 g/mol. The van der Waals surface area contributed by atoms with Crippen molar-refractivity contribution in [3.8, 4) is 11.4 Å². The van der Waals surface area contributed by atoms with Crippen LogP contribution in [0.1, 0.15) is 24.5 Å². The van der Waals surface area contributed by atoms with Crippen LogP contribution < -0.4 is 0 Å². The summed E-state index contributed by atoms with van der Waals surface area (Å²) in [5.41, 5.74) is 4.31. The molecule has 0 saturated carbocycles. The fourth-order valence-corrected chi connectivity index (χ4v) is 2.49. The summed E-state index contributed by atoms with van der Waals surface area (Å²) in [4.78, 5) is 12.1. The molecule has 3 aromatic rings. The van der Waals surface area contributed by atoms with E-state index < -0.39 is 0 Å². The maximum Gasteiger partial charge on any atom is 0.150 e. The molecule has 0 aliphatic carbocycles. The topological polar surface area (TPSA) is 68.0 Å². The number of hydrogen-bond donors (Lipinski definition) is 1. The Morgan fingerprint density at radius 3 is 2.48 bits per heavy atom. The zero-order chi connectivity index (χ0) is 16.4. The van der Waals surface area contributed by atoms with Gasteiger partial charge in [0.2, 0.25) is 0 Å². The van der Waals surface area contributed by atoms with Gasteiger partial charge in [0.05, 0.1) is 0 Å². The molecule has 1 aromatic heterocycles. The quantitative estimate of drug-likeness (QED) is 0.734. The third-order valence-electron chi connectivity index (χ3n) is 3.66. The van der Waals surface area contributed by atoms with Gasteiger partial charge in [0.15, 0.2) is 5.75 Å². The molecule has 0 aliphatic heterocycles. The molecule has 5 nitrogen and oxygen atoms in total. The van der Waals surface area contributed by atoms with Crippen molar-refractivity contribution < 1.29 is 9.90 Å². The van der Waals surface area contributed by atoms with E-state index in [1.54, 1.807) is 0 Å². The molecule has 0 amide bonds. The standard InChI is InChI=1S/C18H17N3O2/c1-12(2)14-10-13(6-5-9-22)11-17(18(14)23)21-19-15-7-3-4-8-16(15)20-21/h3-4,7-11,23H,1,5-6H2,2H3. The van der Waals surface area contributed by atoms with Crippen molar-refractivity contribution in [2.75, 3.05) is 0 Å². The Labute approximate surface area is 133 Å². The van der Waals surface area contributed by atoms with E-state index in [2.05, 4.69) is 16.8 Å². The summed E-state index contributed by atoms with van der Waals surface area (Å²) < 4.78 is 0. The van der Waals surface area contributed by atoms with Gasteiger partial charge in [0, 0.05) is 12.0 Å². The predicted molar refractivity (Wildman–Crippen MR) is 89.6 cm³/mol. The summed E-state index contributed by atoms with van der Waals surface area (Å²) in [5.74, 6) is 0.0904. The molecule has 0 spiro atoms. The van der Waals surface area contributed by atoms with Gasteiger partial charge in [-0.1, -0.05) is 18.7 Å². The van der Waals surface area contributed by atoms with E-state index >= 15 is 0 Å². The van der Waals surface area contributed by atoms with Crippen LogP contribution in [0.5, 0.6) is 5.75 Å². The third-order valence-corrected chi connectivity index (χ3v) is 3.66. The van der Waals surface area contributed by atoms with E-state index in [-0.39, 0.29) is 5.75 Å². The summed E-state index contributed by atoms with van der Waals surface area (Å²) >= 11 is 0. The SMILES string of the molecule is C=C(C)c1cc(CCC=O)cc(-n2nc3ccccc3n2)c1O. The first kappa shape index (κ1) is 15.0. The molecular weight excluding hydrogens is 290 g/mol. The number of hydrogen-bond acceptors (Lipinski definition) is 4. The Balaban J connectivity index is 2.17. The van der Waals surface area contributed by atoms with E-state index in [1.807, 2.05) is 43.3 Å². The average molecular weight is 307 g/mol. The van der Waals surface area contributed by atoms with Crippen molar-refractivity contribution in [2.45, 2.75) is 19.8 Å². The lowest BCUT2D eigenvalue weighted by molar-refractivity contribution is -0.107. The van der Waals surface area contributed by atoms with Crippen LogP contribution in [0.2, 0.25) is 0 Å². The highest BCUT2D eigenvalue weighted by atomic mass is 16.3. The number of phenols is 1. The summed E-state index contributed by atoms with van der Waals surface area (Å²) in [7, 11) is 0. The highest BCUT2D eigenvalue weighted by Crippen LogP contribution is 2.32. The molecule has 2 aromatic carbocycles. The highest BCUT2D eigenvalue weighted by Gasteiger charge is 2.15. The molecule has 3 rings (SSSR count). The summed E-state index contributed by atoms with van der Waals surface area (Å²) in [6, 6.07) is 11.2. The second-order valence-electron chi connectivity index (χ2n) is 5.47. The molecule has 0 fully saturated rings. The number of fused-ring (bicyclic) bond motifs is 1. The van der Waals surface area contributed by atoms with Crippen LogP contribution >= 0.6 is 0 Å². The fourth-order valence-electron chi connectivity index (χ4n) is 2.49. The number of aldehydes is 1. The molecule has 1 heterocycles. The first-order valence-electron chi connectivity index (χ1n) is 7.38. The third kappa shape index (κ3) is 2.85. The second-order valence-corrected chi connectivity index (χ2v) is 5.47. The molecule has 116 valence electrons. The van der Waals surface area contributed by atoms with Gasteiger partial charge in [-0.15, -0.1) is 15.0 Å². The Hall–Kier alpha value is -2.95. The Morgan fingerprint density at radius 2 is 1.91 bits per heavy atom. The van der Waals surface area contributed by atoms with Gasteiger partial charge in [0.25, 0.3) is 0 Å². The van der Waals surface area contributed by atoms with Crippen molar-refractivity contribution in [2.24, 2.45) is 0 Å². The molecule has 0 aliphatic rings. The number of carbonyl (C=O) groups excluding carboxylic acids is 1. The molecule has 0 saturated heterocycles. The second kappa shape index (κ2) is 6.04. The molecule has 23 heavy (non-hydrogen) atoms. The maximum absolute atomic E-state index is 10.6. The van der Waals surface area contributed by atoms with Crippen LogP contribution in [0.4, 0.5) is 0 Å². The number of aromatic hydroxyl groups is 1. The van der Waals surface area contributed by atoms with Crippen molar-refractivity contribution in [1.82, 2.24) is 15.0 Å². The number of allylic oxidation sites excluding steroid dienone is 1. The van der Waals surface area contributed by atoms with Crippen molar-refractivity contribution in [3.63, 3.8) is 0 Å². The van der Waals surface area contributed by atoms with Gasteiger partial charge >= 0.3 is 0 Å². The van der Waals surface area contributed by atoms with E-state index in [0.717, 1.165) is 28.5 Å². The van der Waals surface area contributed by atoms with Gasteiger partial charge in [-0.2, -0.15) is 0 Å². The normalized spacial score (nSPS) is 10.8. The van der Waals surface area contributed by atoms with Crippen LogP contribution in [0, 0.1) is 0 Å². The van der Waals surface area contributed by atoms with E-state index in [1.165, 1.54) is 4.80 Å². The average Bonchev–Trinajstić information content (AvgIpc) is 2.97. The lowest BCUT2D eigenvalue weighted by atomic mass is 10.0. The number of nitrogens with zero attached hydrogens (tertiary/aromatic N) is 3. The number of aromatic nitrogens is 3. The van der Waals surface area contributed by atoms with Crippen molar-refractivity contribution >= 4 is 22.9 Å². The van der Waals surface area contributed by atoms with Crippen LogP contribution in [0.25, 0.3) is 22.3 Å². The van der Waals surface area contributed by atoms with Gasteiger partial charge < -0.3 is 9.90 Å². The van der Waals surface area contributed by atoms with Gasteiger partial charge in [0.1, 0.15) is 23.0 Å². The molecule has 5 heteroatoms. The number of phenolic OH excluding ortho intramolecular Hbond substituents is 1. The molecule has 0 unspecified atom stereocenters. The molecule has 1 N–H and O–H groups in total. The zero-order valence-electron chi connectivity index (χ0n) is 12.9. The molecule has 0 bridgehead atoms. The molecule has 0 atom stereocenters. The van der Waals surface area contributed by atoms with E-state index in [4.69, 9.17) is 0 Å². The first-order valence-corrected chi connectivity index (χ1v) is 7.38. The predicted octanol–water partition coefficient (Wildman–Crippen LogP) is 3.29. The van der Waals surface area contributed by atoms with Crippen molar-refractivity contribution in [3.05, 3.63) is 54.1 Å². The fraction of sp³-hybridized carbons (Fsp3) is 0.167. The van der Waals surface area contributed by atoms with Gasteiger partial charge in [-0.05, 0) is 48.7 Å². The number of aryl methyl sites for hydroxylation is 1. The minimum Gasteiger partial charge on any atom is -0.505 e. The smallest absolute Gasteiger partial charge is 0.150 e. The molecule has 0 radical (unpaired) electrons. The lowest BCUT2D eigenvalue weighted by Gasteiger charge is -2.12. The van der Waals surface area contributed by atoms with E-state index in [0.29, 0.717) is 24.1 Å². The zero-order valence-corrected chi connectivity index (χ0v) is 12.9. The number of carbonyl (C=O) groups is 1. The lowest BCUT2D eigenvalue weighted by Crippen LogP contribution is -2.02. The van der Waals surface area contributed by atoms with Crippen LogP contribution in [0.3, 0.4) is 0 Å². The largest absolute Gasteiger partial charge is 0.505 e. The van der Waals surface area contributed by atoms with Crippen LogP contribution in [-0.4, -0.2) is 26.4 Å². The minimum absolute atomic E-state index is 0.0904. The number of benzene rings is 2. The Kier molecular flexibility index (Phi) is 3.93. The summed E-state index contributed by atoms with van der Waals surface area (Å²) in [5, 5.41) is 19.4.